The summed E-state index contributed by atoms with van der Waals surface area (Å²) >= 11 is 1.41. The van der Waals surface area contributed by atoms with Gasteiger partial charge < -0.3 is 11.1 Å². The summed E-state index contributed by atoms with van der Waals surface area (Å²) in [7, 11) is 0. The van der Waals surface area contributed by atoms with Crippen LogP contribution in [0.15, 0.2) is 0 Å². The summed E-state index contributed by atoms with van der Waals surface area (Å²) in [6.07, 6.45) is 0.874. The van der Waals surface area contributed by atoms with Crippen LogP contribution in [0.3, 0.4) is 0 Å². The van der Waals surface area contributed by atoms with Crippen molar-refractivity contribution in [2.75, 3.05) is 11.9 Å². The van der Waals surface area contributed by atoms with E-state index in [1.54, 1.807) is 0 Å². The van der Waals surface area contributed by atoms with E-state index >= 15 is 0 Å². The standard InChI is InChI=1S/C10H20N4S/c1-5-8-12-9(15-14-8)13-10(4,6-11)7(2)3/h7H,5-6,11H2,1-4H3,(H,12,13,14). The van der Waals surface area contributed by atoms with Crippen molar-refractivity contribution < 1.29 is 0 Å². The van der Waals surface area contributed by atoms with Gasteiger partial charge in [-0.15, -0.1) is 0 Å². The predicted octanol–water partition coefficient (Wildman–Crippen LogP) is 1.89. The van der Waals surface area contributed by atoms with E-state index in [0.29, 0.717) is 12.5 Å². The number of nitrogens with one attached hydrogen (secondary N) is 1. The maximum Gasteiger partial charge on any atom is 0.203 e. The van der Waals surface area contributed by atoms with Crippen molar-refractivity contribution >= 4 is 16.7 Å². The molecule has 0 aliphatic carbocycles. The van der Waals surface area contributed by atoms with Gasteiger partial charge in [-0.25, -0.2) is 4.98 Å². The van der Waals surface area contributed by atoms with E-state index in [0.717, 1.165) is 17.4 Å². The summed E-state index contributed by atoms with van der Waals surface area (Å²) in [4.78, 5) is 4.38. The zero-order valence-electron chi connectivity index (χ0n) is 9.87. The smallest absolute Gasteiger partial charge is 0.203 e. The Morgan fingerprint density at radius 1 is 1.53 bits per heavy atom. The van der Waals surface area contributed by atoms with Gasteiger partial charge in [0, 0.05) is 24.5 Å². The van der Waals surface area contributed by atoms with Gasteiger partial charge in [0.05, 0.1) is 5.54 Å². The fourth-order valence-corrected chi connectivity index (χ4v) is 1.91. The first-order chi connectivity index (χ1) is 7.01. The molecule has 0 fully saturated rings. The van der Waals surface area contributed by atoms with E-state index in [9.17, 15) is 0 Å². The Kier molecular flexibility index (Phi) is 4.04. The topological polar surface area (TPSA) is 63.8 Å². The molecule has 1 heterocycles. The molecule has 86 valence electrons. The van der Waals surface area contributed by atoms with E-state index in [1.807, 2.05) is 0 Å². The van der Waals surface area contributed by atoms with E-state index < -0.39 is 0 Å². The summed E-state index contributed by atoms with van der Waals surface area (Å²) in [5.74, 6) is 1.35. The second kappa shape index (κ2) is 4.90. The minimum atomic E-state index is -0.107. The first-order valence-electron chi connectivity index (χ1n) is 5.32. The first kappa shape index (κ1) is 12.4. The van der Waals surface area contributed by atoms with Gasteiger partial charge in [-0.2, -0.15) is 4.37 Å². The van der Waals surface area contributed by atoms with Gasteiger partial charge >= 0.3 is 0 Å². The van der Waals surface area contributed by atoms with E-state index in [1.165, 1.54) is 11.5 Å². The van der Waals surface area contributed by atoms with Crippen LogP contribution in [0.4, 0.5) is 5.13 Å². The van der Waals surface area contributed by atoms with Crippen molar-refractivity contribution in [1.82, 2.24) is 9.36 Å². The van der Waals surface area contributed by atoms with Crippen molar-refractivity contribution in [2.24, 2.45) is 11.7 Å². The molecule has 0 bridgehead atoms. The lowest BCUT2D eigenvalue weighted by atomic mass is 9.89. The molecule has 1 unspecified atom stereocenters. The molecule has 1 rings (SSSR count). The van der Waals surface area contributed by atoms with Crippen LogP contribution in [0.1, 0.15) is 33.5 Å². The average molecular weight is 228 g/mol. The van der Waals surface area contributed by atoms with Crippen molar-refractivity contribution in [1.29, 1.82) is 0 Å². The third kappa shape index (κ3) is 2.89. The van der Waals surface area contributed by atoms with Gasteiger partial charge in [0.15, 0.2) is 0 Å². The average Bonchev–Trinajstić information content (AvgIpc) is 2.65. The minimum absolute atomic E-state index is 0.107. The second-order valence-corrected chi connectivity index (χ2v) is 5.02. The molecule has 5 heteroatoms. The van der Waals surface area contributed by atoms with E-state index in [4.69, 9.17) is 5.73 Å². The van der Waals surface area contributed by atoms with Crippen LogP contribution in [0.5, 0.6) is 0 Å². The maximum absolute atomic E-state index is 5.79. The van der Waals surface area contributed by atoms with Crippen molar-refractivity contribution in [3.63, 3.8) is 0 Å². The first-order valence-corrected chi connectivity index (χ1v) is 6.10. The van der Waals surface area contributed by atoms with Gasteiger partial charge in [0.1, 0.15) is 5.82 Å². The molecule has 0 saturated carbocycles. The van der Waals surface area contributed by atoms with Gasteiger partial charge in [-0.1, -0.05) is 20.8 Å². The number of anilines is 1. The van der Waals surface area contributed by atoms with Crippen LogP contribution < -0.4 is 11.1 Å². The van der Waals surface area contributed by atoms with Crippen LogP contribution >= 0.6 is 11.5 Å². The van der Waals surface area contributed by atoms with E-state index in [2.05, 4.69) is 42.4 Å². The maximum atomic E-state index is 5.79. The summed E-state index contributed by atoms with van der Waals surface area (Å²) in [6, 6.07) is 0. The Morgan fingerprint density at radius 3 is 2.60 bits per heavy atom. The SMILES string of the molecule is CCc1nsc(NC(C)(CN)C(C)C)n1. The molecule has 1 aromatic rings. The number of hydrogen-bond acceptors (Lipinski definition) is 5. The van der Waals surface area contributed by atoms with E-state index in [-0.39, 0.29) is 5.54 Å². The highest BCUT2D eigenvalue weighted by atomic mass is 32.1. The van der Waals surface area contributed by atoms with Crippen molar-refractivity contribution in [2.45, 2.75) is 39.7 Å². The zero-order chi connectivity index (χ0) is 11.5. The number of hydrogen-bond donors (Lipinski definition) is 2. The van der Waals surface area contributed by atoms with Crippen LogP contribution in [0.25, 0.3) is 0 Å². The molecule has 0 aliphatic heterocycles. The van der Waals surface area contributed by atoms with Gasteiger partial charge in [-0.05, 0) is 12.8 Å². The molecule has 3 N–H and O–H groups in total. The van der Waals surface area contributed by atoms with Crippen LogP contribution in [-0.4, -0.2) is 21.4 Å². The number of aryl methyl sites for hydroxylation is 1. The lowest BCUT2D eigenvalue weighted by molar-refractivity contribution is 0.382. The molecular weight excluding hydrogens is 208 g/mol. The Morgan fingerprint density at radius 2 is 2.20 bits per heavy atom. The normalized spacial score (nSPS) is 15.3. The molecular formula is C10H20N4S. The Labute approximate surface area is 95.5 Å². The Hall–Kier alpha value is -0.680. The number of rotatable bonds is 5. The molecule has 1 atom stereocenters. The molecule has 4 nitrogen and oxygen atoms in total. The lowest BCUT2D eigenvalue weighted by Gasteiger charge is -2.33. The van der Waals surface area contributed by atoms with Gasteiger partial charge in [0.2, 0.25) is 5.13 Å². The van der Waals surface area contributed by atoms with Crippen molar-refractivity contribution in [3.05, 3.63) is 5.82 Å². The van der Waals surface area contributed by atoms with Gasteiger partial charge in [-0.3, -0.25) is 0 Å². The molecule has 15 heavy (non-hydrogen) atoms. The number of aromatic nitrogens is 2. The monoisotopic (exact) mass is 228 g/mol. The Bertz CT molecular complexity index is 310. The molecule has 0 amide bonds. The molecule has 1 aromatic heterocycles. The molecule has 0 spiro atoms. The summed E-state index contributed by atoms with van der Waals surface area (Å²) in [6.45, 7) is 9.07. The fourth-order valence-electron chi connectivity index (χ4n) is 1.12. The molecule has 0 aliphatic rings. The number of nitrogens with zero attached hydrogens (tertiary/aromatic N) is 2. The molecule has 0 aromatic carbocycles. The van der Waals surface area contributed by atoms with Crippen LogP contribution in [-0.2, 0) is 6.42 Å². The minimum Gasteiger partial charge on any atom is -0.354 e. The summed E-state index contributed by atoms with van der Waals surface area (Å²) < 4.78 is 4.24. The quantitative estimate of drug-likeness (QED) is 0.807. The highest BCUT2D eigenvalue weighted by Gasteiger charge is 2.27. The second-order valence-electron chi connectivity index (χ2n) is 4.27. The Balaban J connectivity index is 2.74. The number of nitrogens with two attached hydrogens (primary N) is 1. The lowest BCUT2D eigenvalue weighted by Crippen LogP contribution is -2.47. The highest BCUT2D eigenvalue weighted by Crippen LogP contribution is 2.23. The molecule has 0 radical (unpaired) electrons. The van der Waals surface area contributed by atoms with Crippen LogP contribution in [0.2, 0.25) is 0 Å². The third-order valence-electron chi connectivity index (χ3n) is 2.88. The highest BCUT2D eigenvalue weighted by molar-refractivity contribution is 7.09. The van der Waals surface area contributed by atoms with Crippen LogP contribution in [0, 0.1) is 5.92 Å². The zero-order valence-corrected chi connectivity index (χ0v) is 10.7. The summed E-state index contributed by atoms with van der Waals surface area (Å²) in [5.41, 5.74) is 5.68. The third-order valence-corrected chi connectivity index (χ3v) is 3.54. The summed E-state index contributed by atoms with van der Waals surface area (Å²) in [5, 5.41) is 4.25. The molecule has 0 saturated heterocycles. The largest absolute Gasteiger partial charge is 0.354 e. The fraction of sp³-hybridized carbons (Fsp3) is 0.800. The predicted molar refractivity (Wildman–Crippen MR) is 65.2 cm³/mol. The van der Waals surface area contributed by atoms with Gasteiger partial charge in [0.25, 0.3) is 0 Å². The van der Waals surface area contributed by atoms with Crippen molar-refractivity contribution in [3.8, 4) is 0 Å².